The first-order valence-corrected chi connectivity index (χ1v) is 12.4. The van der Waals surface area contributed by atoms with Crippen LogP contribution < -0.4 is 14.4 Å². The third-order valence-electron chi connectivity index (χ3n) is 4.70. The van der Waals surface area contributed by atoms with Gasteiger partial charge in [0.15, 0.2) is 9.84 Å². The number of hydrogen-bond donors (Lipinski definition) is 3. The first-order chi connectivity index (χ1) is 14.4. The van der Waals surface area contributed by atoms with E-state index in [4.69, 9.17) is 4.74 Å². The number of methoxy groups -OCH3 is 1. The molecule has 0 bridgehead atoms. The molecular weight excluding hydrogens is 448 g/mol. The highest BCUT2D eigenvalue weighted by atomic mass is 32.2. The van der Waals surface area contributed by atoms with Crippen LogP contribution in [-0.4, -0.2) is 63.7 Å². The number of rotatable bonds is 6. The maximum absolute atomic E-state index is 13.8. The van der Waals surface area contributed by atoms with Gasteiger partial charge in [0.1, 0.15) is 16.4 Å². The van der Waals surface area contributed by atoms with Crippen molar-refractivity contribution >= 4 is 37.1 Å². The molecular formula is C19H22N2O8S2. The van der Waals surface area contributed by atoms with Crippen molar-refractivity contribution in [1.29, 1.82) is 0 Å². The Kier molecular flexibility index (Phi) is 6.16. The summed E-state index contributed by atoms with van der Waals surface area (Å²) in [5, 5.41) is 22.8. The van der Waals surface area contributed by atoms with Gasteiger partial charge in [-0.25, -0.2) is 16.8 Å². The highest BCUT2D eigenvalue weighted by molar-refractivity contribution is 7.93. The van der Waals surface area contributed by atoms with E-state index in [-0.39, 0.29) is 27.8 Å². The van der Waals surface area contributed by atoms with Crippen molar-refractivity contribution in [3.05, 3.63) is 42.5 Å². The third kappa shape index (κ3) is 4.75. The average Bonchev–Trinajstić information content (AvgIpc) is 2.93. The van der Waals surface area contributed by atoms with Crippen LogP contribution in [0.3, 0.4) is 0 Å². The topological polar surface area (TPSA) is 150 Å². The molecule has 0 saturated carbocycles. The molecule has 0 aromatic heterocycles. The van der Waals surface area contributed by atoms with Gasteiger partial charge in [0.25, 0.3) is 10.0 Å². The van der Waals surface area contributed by atoms with Gasteiger partial charge in [-0.15, -0.1) is 0 Å². The monoisotopic (exact) mass is 470 g/mol. The maximum Gasteiger partial charge on any atom is 0.268 e. The molecule has 0 radical (unpaired) electrons. The van der Waals surface area contributed by atoms with E-state index in [2.05, 4.69) is 5.32 Å². The van der Waals surface area contributed by atoms with E-state index in [0.29, 0.717) is 0 Å². The molecule has 1 aliphatic rings. The normalized spacial score (nSPS) is 20.2. The number of carbonyl (C=O) groups excluding carboxylic acids is 1. The lowest BCUT2D eigenvalue weighted by molar-refractivity contribution is -0.114. The molecule has 0 spiro atoms. The zero-order valence-electron chi connectivity index (χ0n) is 16.7. The predicted molar refractivity (Wildman–Crippen MR) is 114 cm³/mol. The molecule has 1 aliphatic heterocycles. The Hall–Kier alpha value is -2.83. The highest BCUT2D eigenvalue weighted by Crippen LogP contribution is 2.36. The predicted octanol–water partition coefficient (Wildman–Crippen LogP) is 0.712. The minimum Gasteiger partial charge on any atom is -0.508 e. The van der Waals surface area contributed by atoms with Gasteiger partial charge in [-0.1, -0.05) is 6.07 Å². The van der Waals surface area contributed by atoms with Crippen molar-refractivity contribution in [1.82, 2.24) is 0 Å². The molecule has 2 aromatic carbocycles. The second-order valence-electron chi connectivity index (χ2n) is 7.08. The fourth-order valence-corrected chi connectivity index (χ4v) is 7.16. The molecule has 31 heavy (non-hydrogen) atoms. The Labute approximate surface area is 180 Å². The Morgan fingerprint density at radius 3 is 2.45 bits per heavy atom. The molecule has 12 heteroatoms. The second-order valence-corrected chi connectivity index (χ2v) is 11.0. The summed E-state index contributed by atoms with van der Waals surface area (Å²) in [6, 6.07) is 7.90. The molecule has 10 nitrogen and oxygen atoms in total. The molecule has 0 aliphatic carbocycles. The van der Waals surface area contributed by atoms with Gasteiger partial charge in [-0.2, -0.15) is 0 Å². The summed E-state index contributed by atoms with van der Waals surface area (Å²) < 4.78 is 57.7. The number of benzene rings is 2. The number of phenols is 1. The summed E-state index contributed by atoms with van der Waals surface area (Å²) in [5.41, 5.74) is 0.149. The summed E-state index contributed by atoms with van der Waals surface area (Å²) in [6.07, 6.45) is -1.48. The largest absolute Gasteiger partial charge is 0.508 e. The number of anilines is 2. The van der Waals surface area contributed by atoms with E-state index in [1.807, 2.05) is 0 Å². The summed E-state index contributed by atoms with van der Waals surface area (Å²) in [4.78, 5) is 11.1. The standard InChI is InChI=1S/C19H22N2O8S2/c1-12(22)20-13-6-7-18(29-2)19(8-13)31(27,28)21(14-4-3-5-15(23)9-14)16-10-30(25,26)11-17(16)24/h3-9,16-17,23-24H,10-11H2,1-2H3,(H,20,22)/t16-,17+/m0/s1. The lowest BCUT2D eigenvalue weighted by Gasteiger charge is -2.32. The Morgan fingerprint density at radius 1 is 1.19 bits per heavy atom. The number of sulfonamides is 1. The van der Waals surface area contributed by atoms with Crippen molar-refractivity contribution in [2.45, 2.75) is 24.0 Å². The SMILES string of the molecule is COc1ccc(NC(C)=O)cc1S(=O)(=O)N(c1cccc(O)c1)[C@H]1CS(=O)(=O)C[C@H]1O. The van der Waals surface area contributed by atoms with E-state index in [1.54, 1.807) is 0 Å². The number of aliphatic hydroxyl groups is 1. The Bertz CT molecular complexity index is 1210. The summed E-state index contributed by atoms with van der Waals surface area (Å²) in [5.74, 6) is -1.90. The fourth-order valence-electron chi connectivity index (χ4n) is 3.44. The third-order valence-corrected chi connectivity index (χ3v) is 8.27. The van der Waals surface area contributed by atoms with Crippen LogP contribution in [0.2, 0.25) is 0 Å². The first-order valence-electron chi connectivity index (χ1n) is 9.12. The summed E-state index contributed by atoms with van der Waals surface area (Å²) in [7, 11) is -6.95. The van der Waals surface area contributed by atoms with Crippen molar-refractivity contribution in [3.8, 4) is 11.5 Å². The number of hydrogen-bond acceptors (Lipinski definition) is 8. The van der Waals surface area contributed by atoms with Crippen LogP contribution in [0.1, 0.15) is 6.92 Å². The zero-order valence-corrected chi connectivity index (χ0v) is 18.4. The van der Waals surface area contributed by atoms with Crippen molar-refractivity contribution in [3.63, 3.8) is 0 Å². The molecule has 2 atom stereocenters. The number of sulfone groups is 1. The zero-order chi connectivity index (χ0) is 23.0. The number of nitrogens with one attached hydrogen (secondary N) is 1. The van der Waals surface area contributed by atoms with Crippen LogP contribution >= 0.6 is 0 Å². The van der Waals surface area contributed by atoms with Crippen LogP contribution in [0.15, 0.2) is 47.4 Å². The number of phenolic OH excluding ortho intramolecular Hbond substituents is 1. The molecule has 2 aromatic rings. The smallest absolute Gasteiger partial charge is 0.268 e. The lowest BCUT2D eigenvalue weighted by Crippen LogP contribution is -2.47. The molecule has 1 amide bonds. The van der Waals surface area contributed by atoms with Gasteiger partial charge >= 0.3 is 0 Å². The van der Waals surface area contributed by atoms with E-state index in [1.165, 1.54) is 50.4 Å². The van der Waals surface area contributed by atoms with E-state index >= 15 is 0 Å². The minimum absolute atomic E-state index is 0.0341. The van der Waals surface area contributed by atoms with Gasteiger partial charge in [0.2, 0.25) is 5.91 Å². The fraction of sp³-hybridized carbons (Fsp3) is 0.316. The van der Waals surface area contributed by atoms with Crippen LogP contribution in [-0.2, 0) is 24.7 Å². The number of carbonyl (C=O) groups is 1. The minimum atomic E-state index is -4.52. The highest BCUT2D eigenvalue weighted by Gasteiger charge is 2.45. The Balaban J connectivity index is 2.22. The van der Waals surface area contributed by atoms with Crippen molar-refractivity contribution in [2.24, 2.45) is 0 Å². The van der Waals surface area contributed by atoms with Crippen LogP contribution in [0.4, 0.5) is 11.4 Å². The molecule has 168 valence electrons. The van der Waals surface area contributed by atoms with E-state index in [0.717, 1.165) is 10.4 Å². The Morgan fingerprint density at radius 2 is 1.90 bits per heavy atom. The van der Waals surface area contributed by atoms with Crippen LogP contribution in [0.25, 0.3) is 0 Å². The van der Waals surface area contributed by atoms with Crippen LogP contribution in [0.5, 0.6) is 11.5 Å². The number of ether oxygens (including phenoxy) is 1. The molecule has 3 N–H and O–H groups in total. The molecule has 1 heterocycles. The maximum atomic E-state index is 13.8. The van der Waals surface area contributed by atoms with Gasteiger partial charge in [0, 0.05) is 18.7 Å². The number of aliphatic hydroxyl groups excluding tert-OH is 1. The molecule has 0 unspecified atom stereocenters. The van der Waals surface area contributed by atoms with Gasteiger partial charge in [0.05, 0.1) is 36.4 Å². The van der Waals surface area contributed by atoms with E-state index < -0.39 is 49.4 Å². The molecule has 1 saturated heterocycles. The summed E-state index contributed by atoms with van der Waals surface area (Å²) >= 11 is 0. The quantitative estimate of drug-likeness (QED) is 0.559. The molecule has 3 rings (SSSR count). The number of aromatic hydroxyl groups is 1. The van der Waals surface area contributed by atoms with Crippen molar-refractivity contribution in [2.75, 3.05) is 28.2 Å². The average molecular weight is 471 g/mol. The van der Waals surface area contributed by atoms with E-state index in [9.17, 15) is 31.8 Å². The first kappa shape index (κ1) is 22.8. The van der Waals surface area contributed by atoms with Crippen LogP contribution in [0, 0.1) is 0 Å². The van der Waals surface area contributed by atoms with Gasteiger partial charge < -0.3 is 20.3 Å². The number of nitrogens with zero attached hydrogens (tertiary/aromatic N) is 1. The number of amides is 1. The lowest BCUT2D eigenvalue weighted by atomic mass is 10.2. The molecule has 1 fully saturated rings. The summed E-state index contributed by atoms with van der Waals surface area (Å²) in [6.45, 7) is 1.26. The second kappa shape index (κ2) is 8.36. The van der Waals surface area contributed by atoms with Crippen molar-refractivity contribution < 1.29 is 36.6 Å². The van der Waals surface area contributed by atoms with Gasteiger partial charge in [-0.3, -0.25) is 9.10 Å². The van der Waals surface area contributed by atoms with Gasteiger partial charge in [-0.05, 0) is 30.3 Å².